The topological polar surface area (TPSA) is 88.9 Å². The third-order valence-electron chi connectivity index (χ3n) is 4.14. The predicted octanol–water partition coefficient (Wildman–Crippen LogP) is 3.69. The van der Waals surface area contributed by atoms with E-state index in [1.807, 2.05) is 31.2 Å². The number of nitrogens with one attached hydrogen (secondary N) is 2. The number of aromatic nitrogens is 3. The zero-order valence-electron chi connectivity index (χ0n) is 16.0. The lowest BCUT2D eigenvalue weighted by atomic mass is 10.2. The molecule has 9 heteroatoms. The lowest BCUT2D eigenvalue weighted by Crippen LogP contribution is -2.17. The molecule has 1 heterocycles. The highest BCUT2D eigenvalue weighted by molar-refractivity contribution is 7.99. The number of hydrogen-bond acceptors (Lipinski definition) is 5. The molecule has 150 valence electrons. The Labute approximate surface area is 177 Å². The average Bonchev–Trinajstić information content (AvgIpc) is 3.03. The van der Waals surface area contributed by atoms with Gasteiger partial charge in [-0.2, -0.15) is 0 Å². The minimum Gasteiger partial charge on any atom is -0.325 e. The summed E-state index contributed by atoms with van der Waals surface area (Å²) in [5.74, 6) is 0.282. The highest BCUT2D eigenvalue weighted by Crippen LogP contribution is 2.22. The molecule has 0 bridgehead atoms. The Morgan fingerprint density at radius 2 is 1.66 bits per heavy atom. The van der Waals surface area contributed by atoms with Crippen LogP contribution in [-0.2, 0) is 23.1 Å². The molecule has 7 nitrogen and oxygen atoms in total. The number of nitrogens with zero attached hydrogens (tertiary/aromatic N) is 3. The standard InChI is InChI=1S/C20H20ClN5O2S/c1-13-7-3-5-9-15(13)22-18(27)11-17-24-25-20(26(17)2)29-12-19(28)23-16-10-6-4-8-14(16)21/h3-10H,11-12H2,1-2H3,(H,22,27)(H,23,28). The molecule has 0 unspecified atom stereocenters. The lowest BCUT2D eigenvalue weighted by Gasteiger charge is -2.08. The van der Waals surface area contributed by atoms with Crippen molar-refractivity contribution in [2.45, 2.75) is 18.5 Å². The van der Waals surface area contributed by atoms with Gasteiger partial charge in [-0.05, 0) is 30.7 Å². The minimum atomic E-state index is -0.204. The molecule has 0 atom stereocenters. The quantitative estimate of drug-likeness (QED) is 0.559. The first kappa shape index (κ1) is 20.9. The van der Waals surface area contributed by atoms with Gasteiger partial charge in [-0.25, -0.2) is 0 Å². The molecule has 3 rings (SSSR count). The average molecular weight is 430 g/mol. The smallest absolute Gasteiger partial charge is 0.234 e. The molecule has 2 aromatic carbocycles. The Morgan fingerprint density at radius 1 is 1.00 bits per heavy atom. The Balaban J connectivity index is 1.55. The highest BCUT2D eigenvalue weighted by atomic mass is 35.5. The Bertz CT molecular complexity index is 1040. The van der Waals surface area contributed by atoms with Gasteiger partial charge in [-0.15, -0.1) is 10.2 Å². The van der Waals surface area contributed by atoms with E-state index in [2.05, 4.69) is 20.8 Å². The van der Waals surface area contributed by atoms with Crippen molar-refractivity contribution in [2.75, 3.05) is 16.4 Å². The van der Waals surface area contributed by atoms with Crippen LogP contribution in [0.2, 0.25) is 5.02 Å². The summed E-state index contributed by atoms with van der Waals surface area (Å²) in [7, 11) is 1.77. The molecule has 29 heavy (non-hydrogen) atoms. The summed E-state index contributed by atoms with van der Waals surface area (Å²) < 4.78 is 1.71. The fourth-order valence-corrected chi connectivity index (χ4v) is 3.47. The number of aryl methyl sites for hydroxylation is 1. The van der Waals surface area contributed by atoms with Gasteiger partial charge in [0.05, 0.1) is 22.9 Å². The van der Waals surface area contributed by atoms with Gasteiger partial charge in [0.2, 0.25) is 11.8 Å². The van der Waals surface area contributed by atoms with E-state index in [1.54, 1.807) is 35.9 Å². The molecule has 0 spiro atoms. The van der Waals surface area contributed by atoms with E-state index < -0.39 is 0 Å². The van der Waals surface area contributed by atoms with Crippen LogP contribution >= 0.6 is 23.4 Å². The van der Waals surface area contributed by atoms with E-state index in [4.69, 9.17) is 11.6 Å². The predicted molar refractivity (Wildman–Crippen MR) is 115 cm³/mol. The molecule has 0 saturated carbocycles. The number of carbonyl (C=O) groups is 2. The van der Waals surface area contributed by atoms with Gasteiger partial charge in [0, 0.05) is 12.7 Å². The van der Waals surface area contributed by atoms with Crippen LogP contribution < -0.4 is 10.6 Å². The molecule has 0 aliphatic heterocycles. The normalized spacial score (nSPS) is 10.6. The van der Waals surface area contributed by atoms with Crippen molar-refractivity contribution in [1.82, 2.24) is 14.8 Å². The van der Waals surface area contributed by atoms with Crippen LogP contribution in [-0.4, -0.2) is 32.3 Å². The van der Waals surface area contributed by atoms with Crippen LogP contribution in [0.25, 0.3) is 0 Å². The van der Waals surface area contributed by atoms with Gasteiger partial charge < -0.3 is 15.2 Å². The first-order valence-corrected chi connectivity index (χ1v) is 10.2. The first-order chi connectivity index (χ1) is 13.9. The third kappa shape index (κ3) is 5.58. The van der Waals surface area contributed by atoms with Crippen molar-refractivity contribution in [3.63, 3.8) is 0 Å². The Kier molecular flexibility index (Phi) is 6.90. The van der Waals surface area contributed by atoms with Crippen molar-refractivity contribution < 1.29 is 9.59 Å². The van der Waals surface area contributed by atoms with Crippen LogP contribution in [0.3, 0.4) is 0 Å². The van der Waals surface area contributed by atoms with E-state index in [0.717, 1.165) is 11.3 Å². The van der Waals surface area contributed by atoms with Crippen molar-refractivity contribution in [1.29, 1.82) is 0 Å². The van der Waals surface area contributed by atoms with Crippen molar-refractivity contribution in [2.24, 2.45) is 7.05 Å². The maximum absolute atomic E-state index is 12.3. The Hall–Kier alpha value is -2.84. The number of amides is 2. The number of halogens is 1. The van der Waals surface area contributed by atoms with Crippen LogP contribution in [0.15, 0.2) is 53.7 Å². The third-order valence-corrected chi connectivity index (χ3v) is 5.49. The zero-order valence-corrected chi connectivity index (χ0v) is 17.5. The molecule has 2 amide bonds. The maximum Gasteiger partial charge on any atom is 0.234 e. The van der Waals surface area contributed by atoms with E-state index in [0.29, 0.717) is 21.7 Å². The summed E-state index contributed by atoms with van der Waals surface area (Å²) in [4.78, 5) is 24.5. The van der Waals surface area contributed by atoms with Gasteiger partial charge in [0.1, 0.15) is 5.82 Å². The molecule has 0 aliphatic rings. The van der Waals surface area contributed by atoms with Crippen LogP contribution in [0.5, 0.6) is 0 Å². The number of rotatable bonds is 7. The second-order valence-corrected chi connectivity index (χ2v) is 7.66. The number of hydrogen-bond donors (Lipinski definition) is 2. The SMILES string of the molecule is Cc1ccccc1NC(=O)Cc1nnc(SCC(=O)Nc2ccccc2Cl)n1C. The lowest BCUT2D eigenvalue weighted by molar-refractivity contribution is -0.116. The molecule has 2 N–H and O–H groups in total. The highest BCUT2D eigenvalue weighted by Gasteiger charge is 2.15. The molecule has 0 fully saturated rings. The summed E-state index contributed by atoms with van der Waals surface area (Å²) in [5, 5.41) is 14.8. The fraction of sp³-hybridized carbons (Fsp3) is 0.200. The van der Waals surface area contributed by atoms with Gasteiger partial charge in [0.15, 0.2) is 5.16 Å². The molecule has 0 aliphatic carbocycles. The maximum atomic E-state index is 12.3. The van der Waals surface area contributed by atoms with E-state index in [9.17, 15) is 9.59 Å². The zero-order chi connectivity index (χ0) is 20.8. The molecule has 0 saturated heterocycles. The summed E-state index contributed by atoms with van der Waals surface area (Å²) in [6, 6.07) is 14.6. The van der Waals surface area contributed by atoms with Crippen molar-refractivity contribution in [3.05, 3.63) is 64.9 Å². The second-order valence-electron chi connectivity index (χ2n) is 6.31. The molecule has 3 aromatic rings. The van der Waals surface area contributed by atoms with E-state index in [1.165, 1.54) is 11.8 Å². The number of anilines is 2. The summed E-state index contributed by atoms with van der Waals surface area (Å²) in [6.45, 7) is 1.93. The summed E-state index contributed by atoms with van der Waals surface area (Å²) in [5.41, 5.74) is 2.32. The molecular weight excluding hydrogens is 410 g/mol. The monoisotopic (exact) mass is 429 g/mol. The van der Waals surface area contributed by atoms with Gasteiger partial charge in [-0.1, -0.05) is 53.7 Å². The van der Waals surface area contributed by atoms with E-state index >= 15 is 0 Å². The van der Waals surface area contributed by atoms with Crippen molar-refractivity contribution >= 4 is 46.6 Å². The first-order valence-electron chi connectivity index (χ1n) is 8.85. The van der Waals surface area contributed by atoms with Gasteiger partial charge >= 0.3 is 0 Å². The van der Waals surface area contributed by atoms with Crippen molar-refractivity contribution in [3.8, 4) is 0 Å². The van der Waals surface area contributed by atoms with E-state index in [-0.39, 0.29) is 24.0 Å². The second kappa shape index (κ2) is 9.58. The van der Waals surface area contributed by atoms with Gasteiger partial charge in [0.25, 0.3) is 0 Å². The van der Waals surface area contributed by atoms with Crippen LogP contribution in [0.4, 0.5) is 11.4 Å². The fourth-order valence-electron chi connectivity index (χ4n) is 2.55. The Morgan fingerprint density at radius 3 is 2.38 bits per heavy atom. The van der Waals surface area contributed by atoms with Crippen LogP contribution in [0, 0.1) is 6.92 Å². The number of benzene rings is 2. The molecule has 1 aromatic heterocycles. The molecular formula is C20H20ClN5O2S. The summed E-state index contributed by atoms with van der Waals surface area (Å²) >= 11 is 7.28. The molecule has 0 radical (unpaired) electrons. The van der Waals surface area contributed by atoms with Gasteiger partial charge in [-0.3, -0.25) is 9.59 Å². The summed E-state index contributed by atoms with van der Waals surface area (Å²) in [6.07, 6.45) is 0.0875. The van der Waals surface area contributed by atoms with Crippen LogP contribution in [0.1, 0.15) is 11.4 Å². The number of carbonyl (C=O) groups excluding carboxylic acids is 2. The minimum absolute atomic E-state index is 0.0875. The number of thioether (sulfide) groups is 1. The number of para-hydroxylation sites is 2. The largest absolute Gasteiger partial charge is 0.325 e.